The Kier molecular flexibility index (Phi) is 6.61. The minimum absolute atomic E-state index is 0.120. The van der Waals surface area contributed by atoms with Gasteiger partial charge >= 0.3 is 11.9 Å². The maximum Gasteiger partial charge on any atom is 0.340 e. The van der Waals surface area contributed by atoms with Gasteiger partial charge in [-0.25, -0.2) is 4.79 Å². The fourth-order valence-electron chi connectivity index (χ4n) is 3.31. The number of carbonyl (C=O) groups is 3. The molecule has 3 aromatic rings. The van der Waals surface area contributed by atoms with Gasteiger partial charge in [0.25, 0.3) is 0 Å². The van der Waals surface area contributed by atoms with E-state index in [2.05, 4.69) is 9.97 Å². The molecule has 156 valence electrons. The Morgan fingerprint density at radius 1 is 1.03 bits per heavy atom. The first-order valence-electron chi connectivity index (χ1n) is 9.80. The lowest BCUT2D eigenvalue weighted by Gasteiger charge is -2.05. The molecule has 0 radical (unpaired) electrons. The van der Waals surface area contributed by atoms with Gasteiger partial charge in [0.05, 0.1) is 29.8 Å². The molecule has 7 heteroatoms. The lowest BCUT2D eigenvalue weighted by molar-refractivity contribution is -0.142. The van der Waals surface area contributed by atoms with Gasteiger partial charge in [-0.05, 0) is 38.5 Å². The van der Waals surface area contributed by atoms with Crippen molar-refractivity contribution in [3.63, 3.8) is 0 Å². The lowest BCUT2D eigenvalue weighted by atomic mass is 10.1. The number of hydrogen-bond acceptors (Lipinski definition) is 6. The van der Waals surface area contributed by atoms with Crippen LogP contribution in [0.1, 0.15) is 51.1 Å². The van der Waals surface area contributed by atoms with Crippen LogP contribution in [0.2, 0.25) is 0 Å². The van der Waals surface area contributed by atoms with Crippen LogP contribution in [0.5, 0.6) is 0 Å². The van der Waals surface area contributed by atoms with E-state index < -0.39 is 24.3 Å². The van der Waals surface area contributed by atoms with Crippen LogP contribution >= 0.6 is 0 Å². The maximum absolute atomic E-state index is 12.5. The molecule has 1 aromatic carbocycles. The van der Waals surface area contributed by atoms with E-state index in [1.54, 1.807) is 20.8 Å². The molecule has 2 heterocycles. The van der Waals surface area contributed by atoms with Crippen LogP contribution < -0.4 is 0 Å². The second-order valence-electron chi connectivity index (χ2n) is 6.92. The van der Waals surface area contributed by atoms with Crippen molar-refractivity contribution >= 4 is 28.6 Å². The van der Waals surface area contributed by atoms with Gasteiger partial charge in [0.2, 0.25) is 5.78 Å². The first-order valence-corrected chi connectivity index (χ1v) is 9.80. The average Bonchev–Trinajstić information content (AvgIpc) is 3.04. The summed E-state index contributed by atoms with van der Waals surface area (Å²) in [6.45, 7) is 4.92. The van der Waals surface area contributed by atoms with Crippen molar-refractivity contribution in [3.05, 3.63) is 64.6 Å². The molecule has 0 fully saturated rings. The van der Waals surface area contributed by atoms with E-state index in [4.69, 9.17) is 9.47 Å². The van der Waals surface area contributed by atoms with Gasteiger partial charge in [0, 0.05) is 23.2 Å². The summed E-state index contributed by atoms with van der Waals surface area (Å²) in [7, 11) is 0. The van der Waals surface area contributed by atoms with Crippen LogP contribution in [-0.4, -0.2) is 40.9 Å². The molecule has 0 aliphatic rings. The van der Waals surface area contributed by atoms with E-state index in [1.807, 2.05) is 36.4 Å². The average molecular weight is 408 g/mol. The second kappa shape index (κ2) is 9.35. The summed E-state index contributed by atoms with van der Waals surface area (Å²) < 4.78 is 10.1. The lowest BCUT2D eigenvalue weighted by Crippen LogP contribution is -2.16. The summed E-state index contributed by atoms with van der Waals surface area (Å²) in [6.07, 6.45) is 0.543. The van der Waals surface area contributed by atoms with Gasteiger partial charge in [0.15, 0.2) is 6.61 Å². The van der Waals surface area contributed by atoms with Crippen molar-refractivity contribution in [2.45, 2.75) is 33.6 Å². The van der Waals surface area contributed by atoms with Gasteiger partial charge < -0.3 is 14.5 Å². The van der Waals surface area contributed by atoms with Crippen molar-refractivity contribution in [3.8, 4) is 0 Å². The molecule has 0 aliphatic carbocycles. The van der Waals surface area contributed by atoms with Gasteiger partial charge in [-0.1, -0.05) is 24.3 Å². The summed E-state index contributed by atoms with van der Waals surface area (Å²) in [4.78, 5) is 44.0. The van der Waals surface area contributed by atoms with Gasteiger partial charge in [0.1, 0.15) is 0 Å². The molecule has 0 saturated heterocycles. The molecule has 3 rings (SSSR count). The summed E-state index contributed by atoms with van der Waals surface area (Å²) in [5.41, 5.74) is 3.28. The van der Waals surface area contributed by atoms with E-state index in [9.17, 15) is 14.4 Å². The zero-order chi connectivity index (χ0) is 21.7. The highest BCUT2D eigenvalue weighted by atomic mass is 16.5. The van der Waals surface area contributed by atoms with Gasteiger partial charge in [-0.3, -0.25) is 14.6 Å². The Morgan fingerprint density at radius 3 is 2.57 bits per heavy atom. The molecule has 7 nitrogen and oxygen atoms in total. The number of esters is 2. The SMILES string of the molecule is CCOC(=O)c1c(C)[nH]c(C(=O)COC(=O)CCc2ccc3ccccc3n2)c1C. The van der Waals surface area contributed by atoms with Crippen LogP contribution in [0.15, 0.2) is 36.4 Å². The summed E-state index contributed by atoms with van der Waals surface area (Å²) in [5, 5.41) is 1.04. The molecule has 0 amide bonds. The first kappa shape index (κ1) is 21.2. The van der Waals surface area contributed by atoms with E-state index in [0.29, 0.717) is 23.2 Å². The van der Waals surface area contributed by atoms with Crippen LogP contribution in [0.3, 0.4) is 0 Å². The third-order valence-electron chi connectivity index (χ3n) is 4.80. The number of aryl methyl sites for hydroxylation is 2. The third kappa shape index (κ3) is 4.74. The molecular weight excluding hydrogens is 384 g/mol. The predicted molar refractivity (Wildman–Crippen MR) is 112 cm³/mol. The van der Waals surface area contributed by atoms with E-state index in [0.717, 1.165) is 16.6 Å². The number of rotatable bonds is 8. The Labute approximate surface area is 174 Å². The minimum atomic E-state index is -0.484. The second-order valence-corrected chi connectivity index (χ2v) is 6.92. The highest BCUT2D eigenvalue weighted by molar-refractivity contribution is 6.02. The smallest absolute Gasteiger partial charge is 0.340 e. The normalized spacial score (nSPS) is 10.8. The largest absolute Gasteiger partial charge is 0.462 e. The zero-order valence-corrected chi connectivity index (χ0v) is 17.3. The molecule has 0 aliphatic heterocycles. The Hall–Kier alpha value is -3.48. The quantitative estimate of drug-likeness (QED) is 0.451. The Morgan fingerprint density at radius 2 is 1.80 bits per heavy atom. The molecule has 1 N–H and O–H groups in total. The number of H-pyrrole nitrogens is 1. The molecule has 2 aromatic heterocycles. The number of nitrogens with zero attached hydrogens (tertiary/aromatic N) is 1. The molecule has 0 bridgehead atoms. The Balaban J connectivity index is 1.56. The highest BCUT2D eigenvalue weighted by Gasteiger charge is 2.23. The van der Waals surface area contributed by atoms with Crippen molar-refractivity contribution < 1.29 is 23.9 Å². The number of aromatic amines is 1. The van der Waals surface area contributed by atoms with Crippen LogP contribution in [0, 0.1) is 13.8 Å². The zero-order valence-electron chi connectivity index (χ0n) is 17.3. The number of hydrogen-bond donors (Lipinski definition) is 1. The standard InChI is InChI=1S/C23H24N2O5/c1-4-29-23(28)21-14(2)22(24-15(21)3)19(26)13-30-20(27)12-11-17-10-9-16-7-5-6-8-18(16)25-17/h5-10,24H,4,11-13H2,1-3H3. The summed E-state index contributed by atoms with van der Waals surface area (Å²) in [6, 6.07) is 11.6. The van der Waals surface area contributed by atoms with E-state index >= 15 is 0 Å². The third-order valence-corrected chi connectivity index (χ3v) is 4.80. The molecule has 0 atom stereocenters. The fraction of sp³-hybridized carbons (Fsp3) is 0.304. The van der Waals surface area contributed by atoms with Crippen molar-refractivity contribution in [2.75, 3.05) is 13.2 Å². The van der Waals surface area contributed by atoms with E-state index in [1.165, 1.54) is 0 Å². The number of carbonyl (C=O) groups excluding carboxylic acids is 3. The Bertz CT molecular complexity index is 1100. The number of Topliss-reactive ketones (excluding diaryl/α,β-unsaturated/α-hetero) is 1. The summed E-state index contributed by atoms with van der Waals surface area (Å²) in [5.74, 6) is -1.36. The number of benzene rings is 1. The van der Waals surface area contributed by atoms with Crippen molar-refractivity contribution in [2.24, 2.45) is 0 Å². The summed E-state index contributed by atoms with van der Waals surface area (Å²) >= 11 is 0. The molecular formula is C23H24N2O5. The van der Waals surface area contributed by atoms with E-state index in [-0.39, 0.29) is 18.7 Å². The number of aromatic nitrogens is 2. The van der Waals surface area contributed by atoms with Crippen molar-refractivity contribution in [1.82, 2.24) is 9.97 Å². The monoisotopic (exact) mass is 408 g/mol. The number of ether oxygens (including phenoxy) is 2. The number of pyridine rings is 1. The highest BCUT2D eigenvalue weighted by Crippen LogP contribution is 2.20. The van der Waals surface area contributed by atoms with Crippen molar-refractivity contribution in [1.29, 1.82) is 0 Å². The predicted octanol–water partition coefficient (Wildman–Crippen LogP) is 3.72. The number of nitrogens with one attached hydrogen (secondary N) is 1. The maximum atomic E-state index is 12.5. The van der Waals surface area contributed by atoms with Gasteiger partial charge in [-0.15, -0.1) is 0 Å². The number of fused-ring (bicyclic) bond motifs is 1. The van der Waals surface area contributed by atoms with Crippen LogP contribution in [0.4, 0.5) is 0 Å². The fourth-order valence-corrected chi connectivity index (χ4v) is 3.31. The molecule has 0 unspecified atom stereocenters. The molecule has 0 saturated carbocycles. The minimum Gasteiger partial charge on any atom is -0.462 e. The van der Waals surface area contributed by atoms with Crippen LogP contribution in [0.25, 0.3) is 10.9 Å². The number of ketones is 1. The van der Waals surface area contributed by atoms with Crippen LogP contribution in [-0.2, 0) is 20.7 Å². The molecule has 30 heavy (non-hydrogen) atoms. The first-order chi connectivity index (χ1) is 14.4. The van der Waals surface area contributed by atoms with Gasteiger partial charge in [-0.2, -0.15) is 0 Å². The topological polar surface area (TPSA) is 98.4 Å². The molecule has 0 spiro atoms. The number of para-hydroxylation sites is 1.